The van der Waals surface area contributed by atoms with Crippen molar-refractivity contribution in [3.63, 3.8) is 0 Å². The van der Waals surface area contributed by atoms with E-state index in [0.717, 1.165) is 0 Å². The molecule has 0 atom stereocenters. The second-order valence-corrected chi connectivity index (χ2v) is 5.05. The highest BCUT2D eigenvalue weighted by molar-refractivity contribution is 9.10. The molecule has 0 aromatic heterocycles. The van der Waals surface area contributed by atoms with Gasteiger partial charge in [0.1, 0.15) is 4.49 Å². The molecule has 0 fully saturated rings. The van der Waals surface area contributed by atoms with Gasteiger partial charge in [-0.1, -0.05) is 39.1 Å². The largest absolute Gasteiger partial charge is 0.104 e. The van der Waals surface area contributed by atoms with E-state index in [1.54, 1.807) is 6.08 Å². The second-order valence-electron chi connectivity index (χ2n) is 2.00. The first kappa shape index (κ1) is 8.80. The van der Waals surface area contributed by atoms with Crippen molar-refractivity contribution in [1.29, 1.82) is 0 Å². The number of alkyl halides is 1. The van der Waals surface area contributed by atoms with Crippen molar-refractivity contribution < 1.29 is 0 Å². The summed E-state index contributed by atoms with van der Waals surface area (Å²) in [5.41, 5.74) is 0. The SMILES string of the molecule is CC(C)(Br)C=C(Cl)Cl. The molecule has 0 saturated heterocycles. The van der Waals surface area contributed by atoms with Gasteiger partial charge in [-0.3, -0.25) is 0 Å². The number of allylic oxidation sites excluding steroid dienone is 1. The van der Waals surface area contributed by atoms with Crippen LogP contribution in [-0.4, -0.2) is 4.32 Å². The zero-order chi connectivity index (χ0) is 6.78. The van der Waals surface area contributed by atoms with Crippen LogP contribution in [-0.2, 0) is 0 Å². The summed E-state index contributed by atoms with van der Waals surface area (Å²) in [5.74, 6) is 0. The Balaban J connectivity index is 3.89. The van der Waals surface area contributed by atoms with Crippen LogP contribution in [0.3, 0.4) is 0 Å². The zero-order valence-electron chi connectivity index (χ0n) is 4.71. The minimum Gasteiger partial charge on any atom is -0.0813 e. The molecular formula is C5H7BrCl2. The van der Waals surface area contributed by atoms with E-state index in [9.17, 15) is 0 Å². The predicted octanol–water partition coefficient (Wildman–Crippen LogP) is 3.48. The first-order chi connectivity index (χ1) is 3.42. The van der Waals surface area contributed by atoms with Gasteiger partial charge in [0.15, 0.2) is 0 Å². The lowest BCUT2D eigenvalue weighted by molar-refractivity contribution is 0.921. The van der Waals surface area contributed by atoms with Crippen molar-refractivity contribution in [3.8, 4) is 0 Å². The van der Waals surface area contributed by atoms with Crippen LogP contribution >= 0.6 is 39.1 Å². The molecule has 0 aromatic rings. The fourth-order valence-corrected chi connectivity index (χ4v) is 1.30. The molecular weight excluding hydrogens is 211 g/mol. The van der Waals surface area contributed by atoms with Crippen LogP contribution in [0.5, 0.6) is 0 Å². The van der Waals surface area contributed by atoms with E-state index < -0.39 is 0 Å². The molecule has 8 heavy (non-hydrogen) atoms. The minimum absolute atomic E-state index is 0.0914. The summed E-state index contributed by atoms with van der Waals surface area (Å²) in [4.78, 5) is 0. The predicted molar refractivity (Wildman–Crippen MR) is 42.8 cm³/mol. The van der Waals surface area contributed by atoms with Crippen molar-refractivity contribution in [2.45, 2.75) is 18.2 Å². The fraction of sp³-hybridized carbons (Fsp3) is 0.600. The number of rotatable bonds is 1. The Labute approximate surface area is 68.0 Å². The summed E-state index contributed by atoms with van der Waals surface area (Å²) >= 11 is 14.1. The fourth-order valence-electron chi connectivity index (χ4n) is 0.259. The molecule has 3 heteroatoms. The summed E-state index contributed by atoms with van der Waals surface area (Å²) in [5, 5.41) is 0. The van der Waals surface area contributed by atoms with Crippen molar-refractivity contribution in [3.05, 3.63) is 10.6 Å². The van der Waals surface area contributed by atoms with Gasteiger partial charge in [-0.05, 0) is 19.9 Å². The second kappa shape index (κ2) is 3.09. The number of halogens is 3. The van der Waals surface area contributed by atoms with Crippen LogP contribution in [0.25, 0.3) is 0 Å². The molecule has 0 nitrogen and oxygen atoms in total. The van der Waals surface area contributed by atoms with E-state index in [-0.39, 0.29) is 4.32 Å². The molecule has 0 aromatic carbocycles. The Hall–Kier alpha value is 0.800. The van der Waals surface area contributed by atoms with Crippen LogP contribution in [0.15, 0.2) is 10.6 Å². The van der Waals surface area contributed by atoms with Crippen molar-refractivity contribution in [2.24, 2.45) is 0 Å². The first-order valence-corrected chi connectivity index (χ1v) is 3.69. The number of hydrogen-bond acceptors (Lipinski definition) is 0. The molecule has 0 unspecified atom stereocenters. The highest BCUT2D eigenvalue weighted by Gasteiger charge is 2.07. The molecule has 0 amide bonds. The zero-order valence-corrected chi connectivity index (χ0v) is 7.81. The van der Waals surface area contributed by atoms with Gasteiger partial charge in [-0.25, -0.2) is 0 Å². The molecule has 0 rings (SSSR count). The molecule has 0 aliphatic carbocycles. The molecule has 0 N–H and O–H groups in total. The third kappa shape index (κ3) is 6.80. The molecule has 48 valence electrons. The summed E-state index contributed by atoms with van der Waals surface area (Å²) in [6.07, 6.45) is 1.72. The molecule has 0 heterocycles. The van der Waals surface area contributed by atoms with Crippen molar-refractivity contribution in [2.75, 3.05) is 0 Å². The van der Waals surface area contributed by atoms with Crippen molar-refractivity contribution >= 4 is 39.1 Å². The summed E-state index contributed by atoms with van der Waals surface area (Å²) in [6.45, 7) is 3.91. The monoisotopic (exact) mass is 216 g/mol. The Morgan fingerprint density at radius 1 is 1.50 bits per heavy atom. The topological polar surface area (TPSA) is 0 Å². The molecule has 0 aliphatic heterocycles. The quantitative estimate of drug-likeness (QED) is 0.591. The van der Waals surface area contributed by atoms with Gasteiger partial charge < -0.3 is 0 Å². The summed E-state index contributed by atoms with van der Waals surface area (Å²) in [7, 11) is 0. The Morgan fingerprint density at radius 2 is 1.88 bits per heavy atom. The molecule has 0 spiro atoms. The maximum Gasteiger partial charge on any atom is 0.104 e. The van der Waals surface area contributed by atoms with Crippen molar-refractivity contribution in [1.82, 2.24) is 0 Å². The Bertz CT molecular complexity index is 97.5. The third-order valence-corrected chi connectivity index (χ3v) is 0.899. The van der Waals surface area contributed by atoms with E-state index in [4.69, 9.17) is 23.2 Å². The van der Waals surface area contributed by atoms with Crippen LogP contribution < -0.4 is 0 Å². The molecule has 0 saturated carbocycles. The van der Waals surface area contributed by atoms with Gasteiger partial charge in [-0.2, -0.15) is 0 Å². The van der Waals surface area contributed by atoms with Gasteiger partial charge in [0, 0.05) is 4.32 Å². The third-order valence-electron chi connectivity index (χ3n) is 0.452. The minimum atomic E-state index is -0.0914. The summed E-state index contributed by atoms with van der Waals surface area (Å²) in [6, 6.07) is 0. The first-order valence-electron chi connectivity index (χ1n) is 2.14. The van der Waals surface area contributed by atoms with E-state index in [0.29, 0.717) is 4.49 Å². The smallest absolute Gasteiger partial charge is 0.0813 e. The Morgan fingerprint density at radius 3 is 1.88 bits per heavy atom. The number of hydrogen-bond donors (Lipinski definition) is 0. The van der Waals surface area contributed by atoms with E-state index in [2.05, 4.69) is 15.9 Å². The highest BCUT2D eigenvalue weighted by atomic mass is 79.9. The average Bonchev–Trinajstić information content (AvgIpc) is 1.21. The van der Waals surface area contributed by atoms with E-state index in [1.807, 2.05) is 13.8 Å². The summed E-state index contributed by atoms with van der Waals surface area (Å²) < 4.78 is 0.207. The average molecular weight is 218 g/mol. The van der Waals surface area contributed by atoms with Gasteiger partial charge in [0.2, 0.25) is 0 Å². The lowest BCUT2D eigenvalue weighted by Crippen LogP contribution is -2.02. The van der Waals surface area contributed by atoms with E-state index >= 15 is 0 Å². The molecule has 0 radical (unpaired) electrons. The standard InChI is InChI=1S/C5H7BrCl2/c1-5(2,6)3-4(7)8/h3H,1-2H3. The van der Waals surface area contributed by atoms with Crippen LogP contribution in [0, 0.1) is 0 Å². The van der Waals surface area contributed by atoms with Crippen LogP contribution in [0.1, 0.15) is 13.8 Å². The van der Waals surface area contributed by atoms with Crippen LogP contribution in [0.4, 0.5) is 0 Å². The van der Waals surface area contributed by atoms with Crippen LogP contribution in [0.2, 0.25) is 0 Å². The maximum absolute atomic E-state index is 5.36. The van der Waals surface area contributed by atoms with Gasteiger partial charge in [-0.15, -0.1) is 0 Å². The lowest BCUT2D eigenvalue weighted by atomic mass is 10.2. The lowest BCUT2D eigenvalue weighted by Gasteiger charge is -2.07. The highest BCUT2D eigenvalue weighted by Crippen LogP contribution is 2.22. The maximum atomic E-state index is 5.36. The normalized spacial score (nSPS) is 11.1. The van der Waals surface area contributed by atoms with Gasteiger partial charge in [0.25, 0.3) is 0 Å². The Kier molecular flexibility index (Phi) is 3.40. The van der Waals surface area contributed by atoms with E-state index in [1.165, 1.54) is 0 Å². The van der Waals surface area contributed by atoms with Gasteiger partial charge in [0.05, 0.1) is 0 Å². The molecule has 0 bridgehead atoms. The molecule has 0 aliphatic rings. The van der Waals surface area contributed by atoms with Gasteiger partial charge >= 0.3 is 0 Å².